The van der Waals surface area contributed by atoms with Gasteiger partial charge in [0.2, 0.25) is 0 Å². The highest BCUT2D eigenvalue weighted by atomic mass is 16.5. The van der Waals surface area contributed by atoms with Gasteiger partial charge in [0.15, 0.2) is 5.78 Å². The van der Waals surface area contributed by atoms with Gasteiger partial charge in [-0.2, -0.15) is 0 Å². The molecule has 2 aromatic carbocycles. The summed E-state index contributed by atoms with van der Waals surface area (Å²) in [5, 5.41) is 0. The number of hydrogen-bond donors (Lipinski definition) is 0. The number of ketones is 1. The van der Waals surface area contributed by atoms with Crippen molar-refractivity contribution in [1.29, 1.82) is 0 Å². The van der Waals surface area contributed by atoms with E-state index in [0.717, 1.165) is 29.9 Å². The van der Waals surface area contributed by atoms with E-state index in [0.29, 0.717) is 6.42 Å². The van der Waals surface area contributed by atoms with Crippen LogP contribution in [0.5, 0.6) is 5.75 Å². The first-order valence-electron chi connectivity index (χ1n) is 8.09. The van der Waals surface area contributed by atoms with Gasteiger partial charge in [-0.05, 0) is 36.2 Å². The van der Waals surface area contributed by atoms with E-state index in [1.807, 2.05) is 54.6 Å². The molecule has 0 amide bonds. The predicted octanol–water partition coefficient (Wildman–Crippen LogP) is 5.07. The lowest BCUT2D eigenvalue weighted by Crippen LogP contribution is -2.03. The van der Waals surface area contributed by atoms with Crippen LogP contribution in [0, 0.1) is 0 Å². The third-order valence-electron chi connectivity index (χ3n) is 3.65. The fraction of sp³-hybridized carbons (Fsp3) is 0.350. The van der Waals surface area contributed by atoms with E-state index in [-0.39, 0.29) is 5.78 Å². The maximum Gasteiger partial charge on any atom is 0.167 e. The minimum atomic E-state index is 0.140. The normalized spacial score (nSPS) is 10.4. The van der Waals surface area contributed by atoms with Gasteiger partial charge in [0.05, 0.1) is 6.61 Å². The molecule has 0 saturated carbocycles. The first kappa shape index (κ1) is 16.3. The highest BCUT2D eigenvalue weighted by Gasteiger charge is 2.07. The lowest BCUT2D eigenvalue weighted by molar-refractivity contribution is 0.0993. The Balaban J connectivity index is 1.82. The Labute approximate surface area is 133 Å². The Morgan fingerprint density at radius 3 is 2.32 bits per heavy atom. The first-order valence-corrected chi connectivity index (χ1v) is 8.09. The second kappa shape index (κ2) is 9.04. The summed E-state index contributed by atoms with van der Waals surface area (Å²) in [4.78, 5) is 12.2. The fourth-order valence-electron chi connectivity index (χ4n) is 2.34. The van der Waals surface area contributed by atoms with E-state index >= 15 is 0 Å². The topological polar surface area (TPSA) is 26.3 Å². The summed E-state index contributed by atoms with van der Waals surface area (Å²) in [6.07, 6.45) is 5.24. The Bertz CT molecular complexity index is 558. The lowest BCUT2D eigenvalue weighted by Gasteiger charge is -2.07. The molecule has 0 unspecified atom stereocenters. The summed E-state index contributed by atoms with van der Waals surface area (Å²) in [5.74, 6) is 0.980. The number of unbranched alkanes of at least 4 members (excludes halogenated alkanes) is 3. The Morgan fingerprint density at radius 1 is 0.909 bits per heavy atom. The highest BCUT2D eigenvalue weighted by molar-refractivity contribution is 5.97. The van der Waals surface area contributed by atoms with E-state index in [1.165, 1.54) is 19.3 Å². The molecule has 22 heavy (non-hydrogen) atoms. The van der Waals surface area contributed by atoms with Crippen molar-refractivity contribution in [1.82, 2.24) is 0 Å². The average Bonchev–Trinajstić information content (AvgIpc) is 2.56. The molecule has 0 N–H and O–H groups in total. The van der Waals surface area contributed by atoms with Crippen LogP contribution >= 0.6 is 0 Å². The Kier molecular flexibility index (Phi) is 6.69. The van der Waals surface area contributed by atoms with Gasteiger partial charge in [-0.1, -0.05) is 56.5 Å². The van der Waals surface area contributed by atoms with E-state index < -0.39 is 0 Å². The molecule has 0 saturated heterocycles. The lowest BCUT2D eigenvalue weighted by atomic mass is 10.0. The summed E-state index contributed by atoms with van der Waals surface area (Å²) in [7, 11) is 0. The second-order valence-corrected chi connectivity index (χ2v) is 5.52. The van der Waals surface area contributed by atoms with E-state index in [4.69, 9.17) is 4.74 Å². The van der Waals surface area contributed by atoms with Crippen molar-refractivity contribution < 1.29 is 9.53 Å². The van der Waals surface area contributed by atoms with Crippen LogP contribution in [0.4, 0.5) is 0 Å². The first-order chi connectivity index (χ1) is 10.8. The van der Waals surface area contributed by atoms with Crippen molar-refractivity contribution in [3.63, 3.8) is 0 Å². The molecule has 2 nitrogen and oxygen atoms in total. The molecule has 0 atom stereocenters. The molecule has 0 aromatic heterocycles. The van der Waals surface area contributed by atoms with Gasteiger partial charge < -0.3 is 4.74 Å². The van der Waals surface area contributed by atoms with Gasteiger partial charge in [0.25, 0.3) is 0 Å². The number of rotatable bonds is 9. The monoisotopic (exact) mass is 296 g/mol. The number of carbonyl (C=O) groups excluding carboxylic acids is 1. The van der Waals surface area contributed by atoms with Crippen LogP contribution in [0.1, 0.15) is 48.5 Å². The summed E-state index contributed by atoms with van der Waals surface area (Å²) in [6.45, 7) is 2.95. The number of carbonyl (C=O) groups is 1. The molecule has 0 heterocycles. The average molecular weight is 296 g/mol. The van der Waals surface area contributed by atoms with Gasteiger partial charge in [-0.25, -0.2) is 0 Å². The van der Waals surface area contributed by atoms with Gasteiger partial charge in [-0.15, -0.1) is 0 Å². The largest absolute Gasteiger partial charge is 0.494 e. The second-order valence-electron chi connectivity index (χ2n) is 5.52. The van der Waals surface area contributed by atoms with Crippen molar-refractivity contribution in [3.8, 4) is 5.75 Å². The minimum absolute atomic E-state index is 0.140. The van der Waals surface area contributed by atoms with Gasteiger partial charge in [-0.3, -0.25) is 4.79 Å². The van der Waals surface area contributed by atoms with Crippen LogP contribution in [0.3, 0.4) is 0 Å². The van der Waals surface area contributed by atoms with Crippen molar-refractivity contribution in [2.45, 2.75) is 39.0 Å². The zero-order chi connectivity index (χ0) is 15.6. The van der Waals surface area contributed by atoms with Crippen LogP contribution < -0.4 is 4.74 Å². The number of Topliss-reactive ketones (excluding diaryl/α,β-unsaturated/α-hetero) is 1. The molecule has 0 spiro atoms. The van der Waals surface area contributed by atoms with Crippen LogP contribution in [0.2, 0.25) is 0 Å². The molecule has 0 radical (unpaired) electrons. The quantitative estimate of drug-likeness (QED) is 0.477. The van der Waals surface area contributed by atoms with Crippen molar-refractivity contribution >= 4 is 5.78 Å². The van der Waals surface area contributed by atoms with Gasteiger partial charge >= 0.3 is 0 Å². The molecule has 2 heteroatoms. The van der Waals surface area contributed by atoms with Crippen molar-refractivity contribution in [3.05, 3.63) is 65.7 Å². The third-order valence-corrected chi connectivity index (χ3v) is 3.65. The smallest absolute Gasteiger partial charge is 0.167 e. The van der Waals surface area contributed by atoms with Crippen molar-refractivity contribution in [2.75, 3.05) is 6.61 Å². The van der Waals surface area contributed by atoms with Crippen LogP contribution in [0.25, 0.3) is 0 Å². The molecule has 0 aliphatic rings. The molecule has 116 valence electrons. The standard InChI is InChI=1S/C20H24O2/c1-2-3-4-8-15-22-19-13-11-18(12-14-19)20(21)16-17-9-6-5-7-10-17/h5-7,9-14H,2-4,8,15-16H2,1H3. The molecular formula is C20H24O2. The zero-order valence-electron chi connectivity index (χ0n) is 13.3. The molecule has 2 aromatic rings. The van der Waals surface area contributed by atoms with E-state index in [2.05, 4.69) is 6.92 Å². The zero-order valence-corrected chi connectivity index (χ0v) is 13.3. The number of hydrogen-bond acceptors (Lipinski definition) is 2. The number of benzene rings is 2. The molecule has 0 fully saturated rings. The van der Waals surface area contributed by atoms with Crippen LogP contribution in [-0.2, 0) is 6.42 Å². The van der Waals surface area contributed by atoms with E-state index in [9.17, 15) is 4.79 Å². The third kappa shape index (κ3) is 5.36. The molecular weight excluding hydrogens is 272 g/mol. The van der Waals surface area contributed by atoms with Crippen molar-refractivity contribution in [2.24, 2.45) is 0 Å². The summed E-state index contributed by atoms with van der Waals surface area (Å²) in [6, 6.07) is 17.3. The SMILES string of the molecule is CCCCCCOc1ccc(C(=O)Cc2ccccc2)cc1. The molecule has 2 rings (SSSR count). The minimum Gasteiger partial charge on any atom is -0.494 e. The summed E-state index contributed by atoms with van der Waals surface area (Å²) >= 11 is 0. The fourth-order valence-corrected chi connectivity index (χ4v) is 2.34. The predicted molar refractivity (Wildman–Crippen MR) is 90.6 cm³/mol. The molecule has 0 aliphatic carbocycles. The molecule has 0 bridgehead atoms. The maximum atomic E-state index is 12.2. The van der Waals surface area contributed by atoms with Crippen LogP contribution in [0.15, 0.2) is 54.6 Å². The summed E-state index contributed by atoms with van der Waals surface area (Å²) < 4.78 is 5.69. The van der Waals surface area contributed by atoms with Gasteiger partial charge in [0.1, 0.15) is 5.75 Å². The van der Waals surface area contributed by atoms with E-state index in [1.54, 1.807) is 0 Å². The Hall–Kier alpha value is -2.09. The van der Waals surface area contributed by atoms with Gasteiger partial charge in [0, 0.05) is 12.0 Å². The maximum absolute atomic E-state index is 12.2. The summed E-state index contributed by atoms with van der Waals surface area (Å²) in [5.41, 5.74) is 1.78. The Morgan fingerprint density at radius 2 is 1.64 bits per heavy atom. The molecule has 0 aliphatic heterocycles. The highest BCUT2D eigenvalue weighted by Crippen LogP contribution is 2.15. The van der Waals surface area contributed by atoms with Crippen LogP contribution in [-0.4, -0.2) is 12.4 Å². The number of ether oxygens (including phenoxy) is 1.